The van der Waals surface area contributed by atoms with E-state index in [1.165, 1.54) is 6.33 Å². The van der Waals surface area contributed by atoms with Crippen LogP contribution in [0, 0.1) is 0 Å². The average Bonchev–Trinajstić information content (AvgIpc) is 2.91. The number of ether oxygens (including phenoxy) is 1. The van der Waals surface area contributed by atoms with Crippen molar-refractivity contribution in [2.24, 2.45) is 0 Å². The number of amides is 1. The lowest BCUT2D eigenvalue weighted by Gasteiger charge is -2.16. The van der Waals surface area contributed by atoms with Crippen molar-refractivity contribution in [1.82, 2.24) is 25.3 Å². The lowest BCUT2D eigenvalue weighted by molar-refractivity contribution is 0.0964. The number of fused-ring (bicyclic) bond motifs is 1. The summed E-state index contributed by atoms with van der Waals surface area (Å²) >= 11 is 0. The van der Waals surface area contributed by atoms with E-state index >= 15 is 0 Å². The van der Waals surface area contributed by atoms with E-state index in [2.05, 4.69) is 43.6 Å². The van der Waals surface area contributed by atoms with Crippen LogP contribution in [-0.2, 0) is 6.61 Å². The Balaban J connectivity index is 1.47. The molecule has 4 rings (SSSR count). The molecule has 0 saturated heterocycles. The Hall–Kier alpha value is -4.11. The molecule has 180 valence electrons. The number of para-hydroxylation sites is 1. The van der Waals surface area contributed by atoms with Gasteiger partial charge in [0.1, 0.15) is 23.6 Å². The molecule has 0 bridgehead atoms. The second kappa shape index (κ2) is 10.9. The summed E-state index contributed by atoms with van der Waals surface area (Å²) in [6.45, 7) is 2.64. The molecule has 0 spiro atoms. The number of aromatic nitrogens is 4. The third kappa shape index (κ3) is 5.20. The standard InChI is InChI=1S/C26H28N6O3/c1-16(18-5-4-6-19-20(26(34)27-2)8-10-29-25(18)19)7-9-28-24-12-21(31-15-32-24)17-11-23(35-3)22(14-33)30-13-17/h4-6,8,10-13,15-16,33H,7,9,14H2,1-3H3,(H,27,34)(H,28,31,32). The molecule has 0 aliphatic carbocycles. The summed E-state index contributed by atoms with van der Waals surface area (Å²) in [6.07, 6.45) is 5.68. The Bertz CT molecular complexity index is 1340. The maximum absolute atomic E-state index is 12.3. The van der Waals surface area contributed by atoms with E-state index in [-0.39, 0.29) is 18.4 Å². The second-order valence-corrected chi connectivity index (χ2v) is 8.12. The molecule has 1 amide bonds. The van der Waals surface area contributed by atoms with Crippen LogP contribution in [-0.4, -0.2) is 51.7 Å². The molecule has 1 aromatic carbocycles. The van der Waals surface area contributed by atoms with Gasteiger partial charge in [0.2, 0.25) is 0 Å². The number of aliphatic hydroxyl groups excluding tert-OH is 1. The van der Waals surface area contributed by atoms with E-state index in [0.29, 0.717) is 35.1 Å². The van der Waals surface area contributed by atoms with Crippen molar-refractivity contribution in [3.63, 3.8) is 0 Å². The monoisotopic (exact) mass is 472 g/mol. The molecule has 0 aliphatic rings. The van der Waals surface area contributed by atoms with Crippen molar-refractivity contribution < 1.29 is 14.6 Å². The summed E-state index contributed by atoms with van der Waals surface area (Å²) in [4.78, 5) is 29.7. The van der Waals surface area contributed by atoms with Gasteiger partial charge in [-0.25, -0.2) is 9.97 Å². The number of rotatable bonds is 9. The molecular weight excluding hydrogens is 444 g/mol. The first-order valence-corrected chi connectivity index (χ1v) is 11.4. The van der Waals surface area contributed by atoms with Crippen LogP contribution in [0.4, 0.5) is 5.82 Å². The van der Waals surface area contributed by atoms with Gasteiger partial charge in [0.05, 0.1) is 30.5 Å². The van der Waals surface area contributed by atoms with Crippen LogP contribution in [0.5, 0.6) is 5.75 Å². The van der Waals surface area contributed by atoms with Crippen molar-refractivity contribution in [2.45, 2.75) is 25.9 Å². The van der Waals surface area contributed by atoms with Crippen LogP contribution < -0.4 is 15.4 Å². The van der Waals surface area contributed by atoms with Crippen LogP contribution in [0.3, 0.4) is 0 Å². The zero-order valence-electron chi connectivity index (χ0n) is 19.9. The summed E-state index contributed by atoms with van der Waals surface area (Å²) in [6, 6.07) is 11.4. The number of nitrogens with one attached hydrogen (secondary N) is 2. The molecule has 3 aromatic heterocycles. The van der Waals surface area contributed by atoms with E-state index in [4.69, 9.17) is 4.74 Å². The highest BCUT2D eigenvalue weighted by molar-refractivity contribution is 6.06. The maximum Gasteiger partial charge on any atom is 0.251 e. The molecule has 0 aliphatic heterocycles. The third-order valence-electron chi connectivity index (χ3n) is 5.95. The van der Waals surface area contributed by atoms with Crippen molar-refractivity contribution in [3.8, 4) is 17.0 Å². The number of carbonyl (C=O) groups excluding carboxylic acids is 1. The van der Waals surface area contributed by atoms with Gasteiger partial charge in [-0.2, -0.15) is 0 Å². The molecule has 9 heteroatoms. The fourth-order valence-electron chi connectivity index (χ4n) is 4.02. The van der Waals surface area contributed by atoms with Gasteiger partial charge in [-0.05, 0) is 30.0 Å². The molecule has 4 aromatic rings. The van der Waals surface area contributed by atoms with Gasteiger partial charge in [-0.15, -0.1) is 0 Å². The minimum atomic E-state index is -0.197. The molecule has 0 saturated carbocycles. The number of hydrogen-bond donors (Lipinski definition) is 3. The normalized spacial score (nSPS) is 11.8. The third-order valence-corrected chi connectivity index (χ3v) is 5.95. The van der Waals surface area contributed by atoms with Gasteiger partial charge in [-0.1, -0.05) is 25.1 Å². The largest absolute Gasteiger partial charge is 0.495 e. The number of hydrogen-bond acceptors (Lipinski definition) is 8. The molecular formula is C26H28N6O3. The van der Waals surface area contributed by atoms with Gasteiger partial charge in [-0.3, -0.25) is 14.8 Å². The van der Waals surface area contributed by atoms with E-state index in [0.717, 1.165) is 28.5 Å². The highest BCUT2D eigenvalue weighted by Gasteiger charge is 2.15. The quantitative estimate of drug-likeness (QED) is 0.338. The van der Waals surface area contributed by atoms with Crippen molar-refractivity contribution >= 4 is 22.6 Å². The summed E-state index contributed by atoms with van der Waals surface area (Å²) in [5, 5.41) is 16.3. The van der Waals surface area contributed by atoms with Gasteiger partial charge in [0.15, 0.2) is 0 Å². The zero-order chi connectivity index (χ0) is 24.8. The average molecular weight is 473 g/mol. The first kappa shape index (κ1) is 24.0. The van der Waals surface area contributed by atoms with Crippen LogP contribution in [0.1, 0.15) is 40.9 Å². The molecule has 0 radical (unpaired) electrons. The van der Waals surface area contributed by atoms with Gasteiger partial charge in [0.25, 0.3) is 5.91 Å². The topological polar surface area (TPSA) is 122 Å². The minimum Gasteiger partial charge on any atom is -0.495 e. The van der Waals surface area contributed by atoms with Gasteiger partial charge >= 0.3 is 0 Å². The minimum absolute atomic E-state index is 0.123. The number of benzene rings is 1. The van der Waals surface area contributed by atoms with Crippen LogP contribution in [0.15, 0.2) is 55.1 Å². The summed E-state index contributed by atoms with van der Waals surface area (Å²) < 4.78 is 5.31. The number of methoxy groups -OCH3 is 1. The number of anilines is 1. The fourth-order valence-corrected chi connectivity index (χ4v) is 4.02. The molecule has 0 fully saturated rings. The summed E-state index contributed by atoms with van der Waals surface area (Å²) in [7, 11) is 3.17. The second-order valence-electron chi connectivity index (χ2n) is 8.12. The fraction of sp³-hybridized carbons (Fsp3) is 0.269. The predicted octanol–water partition coefficient (Wildman–Crippen LogP) is 3.55. The first-order valence-electron chi connectivity index (χ1n) is 11.4. The Morgan fingerprint density at radius 3 is 2.77 bits per heavy atom. The molecule has 35 heavy (non-hydrogen) atoms. The smallest absolute Gasteiger partial charge is 0.251 e. The van der Waals surface area contributed by atoms with Crippen molar-refractivity contribution in [1.29, 1.82) is 0 Å². The number of carbonyl (C=O) groups is 1. The van der Waals surface area contributed by atoms with Gasteiger partial charge in [0, 0.05) is 43.0 Å². The Labute approximate surface area is 203 Å². The Morgan fingerprint density at radius 2 is 2.00 bits per heavy atom. The molecule has 1 atom stereocenters. The summed E-state index contributed by atoms with van der Waals surface area (Å²) in [5.74, 6) is 1.29. The Morgan fingerprint density at radius 1 is 1.14 bits per heavy atom. The lowest BCUT2D eigenvalue weighted by atomic mass is 9.94. The van der Waals surface area contributed by atoms with E-state index in [1.807, 2.05) is 18.2 Å². The zero-order valence-corrected chi connectivity index (χ0v) is 19.9. The van der Waals surface area contributed by atoms with Crippen LogP contribution in [0.2, 0.25) is 0 Å². The molecule has 9 nitrogen and oxygen atoms in total. The Kier molecular flexibility index (Phi) is 7.47. The number of aliphatic hydroxyl groups is 1. The molecule has 1 unspecified atom stereocenters. The highest BCUT2D eigenvalue weighted by atomic mass is 16.5. The van der Waals surface area contributed by atoms with E-state index in [1.54, 1.807) is 38.7 Å². The lowest BCUT2D eigenvalue weighted by Crippen LogP contribution is -2.18. The number of nitrogens with zero attached hydrogens (tertiary/aromatic N) is 4. The maximum atomic E-state index is 12.3. The molecule has 3 heterocycles. The van der Waals surface area contributed by atoms with E-state index < -0.39 is 0 Å². The molecule has 3 N–H and O–H groups in total. The van der Waals surface area contributed by atoms with Crippen LogP contribution in [0.25, 0.3) is 22.2 Å². The van der Waals surface area contributed by atoms with E-state index in [9.17, 15) is 9.90 Å². The predicted molar refractivity (Wildman–Crippen MR) is 134 cm³/mol. The highest BCUT2D eigenvalue weighted by Crippen LogP contribution is 2.29. The number of pyridine rings is 2. The SMILES string of the molecule is CNC(=O)c1ccnc2c(C(C)CCNc3cc(-c4cnc(CO)c(OC)c4)ncn3)cccc12. The van der Waals surface area contributed by atoms with Crippen molar-refractivity contribution in [2.75, 3.05) is 26.0 Å². The van der Waals surface area contributed by atoms with Gasteiger partial charge < -0.3 is 20.5 Å². The van der Waals surface area contributed by atoms with Crippen molar-refractivity contribution in [3.05, 3.63) is 71.9 Å². The summed E-state index contributed by atoms with van der Waals surface area (Å²) in [5.41, 5.74) is 4.51. The van der Waals surface area contributed by atoms with Crippen LogP contribution >= 0.6 is 0 Å². The first-order chi connectivity index (χ1) is 17.0.